The molecular weight excluding hydrogens is 364 g/mol. The molecule has 2 aromatic rings. The van der Waals surface area contributed by atoms with Crippen molar-refractivity contribution in [3.8, 4) is 0 Å². The Morgan fingerprint density at radius 3 is 2.79 bits per heavy atom. The van der Waals surface area contributed by atoms with Crippen molar-refractivity contribution >= 4 is 29.5 Å². The molecule has 1 aliphatic heterocycles. The van der Waals surface area contributed by atoms with E-state index in [0.717, 1.165) is 25.7 Å². The average molecular weight is 386 g/mol. The van der Waals surface area contributed by atoms with Crippen molar-refractivity contribution in [1.82, 2.24) is 24.6 Å². The molecule has 1 saturated heterocycles. The summed E-state index contributed by atoms with van der Waals surface area (Å²) in [5.74, 6) is 0.163. The van der Waals surface area contributed by atoms with Crippen LogP contribution in [0.15, 0.2) is 18.6 Å². The van der Waals surface area contributed by atoms with Gasteiger partial charge in [-0.25, -0.2) is 9.78 Å². The molecular formula is C17H22N8O3. The number of likely N-dealkylation sites (tertiary alicyclic amines) is 1. The molecule has 2 fully saturated rings. The van der Waals surface area contributed by atoms with Gasteiger partial charge in [-0.3, -0.25) is 9.48 Å². The Morgan fingerprint density at radius 1 is 1.25 bits per heavy atom. The van der Waals surface area contributed by atoms with Gasteiger partial charge in [0.15, 0.2) is 0 Å². The maximum Gasteiger partial charge on any atom is 0.407 e. The number of amides is 2. The number of anilines is 3. The highest BCUT2D eigenvalue weighted by molar-refractivity contribution is 5.97. The van der Waals surface area contributed by atoms with Crippen molar-refractivity contribution in [1.29, 1.82) is 0 Å². The van der Waals surface area contributed by atoms with Crippen molar-refractivity contribution in [3.05, 3.63) is 24.2 Å². The van der Waals surface area contributed by atoms with Crippen LogP contribution in [0.5, 0.6) is 0 Å². The lowest BCUT2D eigenvalue weighted by atomic mass is 10.1. The van der Waals surface area contributed by atoms with Crippen LogP contribution in [0.3, 0.4) is 0 Å². The highest BCUT2D eigenvalue weighted by Crippen LogP contribution is 2.27. The first-order chi connectivity index (χ1) is 13.5. The predicted octanol–water partition coefficient (Wildman–Crippen LogP) is 1.40. The van der Waals surface area contributed by atoms with Crippen LogP contribution in [-0.2, 0) is 0 Å². The Kier molecular flexibility index (Phi) is 4.72. The number of nitrogens with zero attached hydrogens (tertiary/aromatic N) is 5. The number of hydrogen-bond donors (Lipinski definition) is 4. The minimum Gasteiger partial charge on any atom is -0.465 e. The third kappa shape index (κ3) is 3.97. The summed E-state index contributed by atoms with van der Waals surface area (Å²) in [5, 5.41) is 19.8. The van der Waals surface area contributed by atoms with Gasteiger partial charge in [-0.05, 0) is 25.7 Å². The Morgan fingerprint density at radius 2 is 2.07 bits per heavy atom. The first-order valence-electron chi connectivity index (χ1n) is 9.22. The van der Waals surface area contributed by atoms with Crippen LogP contribution in [0.4, 0.5) is 22.2 Å². The second-order valence-electron chi connectivity index (χ2n) is 7.10. The zero-order valence-corrected chi connectivity index (χ0v) is 15.2. The molecule has 4 rings (SSSR count). The number of hydrogen-bond acceptors (Lipinski definition) is 7. The summed E-state index contributed by atoms with van der Waals surface area (Å²) in [6, 6.07) is 0.303. The van der Waals surface area contributed by atoms with Crippen molar-refractivity contribution in [2.75, 3.05) is 23.7 Å². The molecule has 11 heteroatoms. The Balaban J connectivity index is 1.47. The van der Waals surface area contributed by atoms with Crippen LogP contribution < -0.4 is 16.4 Å². The van der Waals surface area contributed by atoms with Gasteiger partial charge in [0, 0.05) is 31.5 Å². The van der Waals surface area contributed by atoms with Crippen LogP contribution >= 0.6 is 0 Å². The largest absolute Gasteiger partial charge is 0.465 e. The van der Waals surface area contributed by atoms with Crippen LogP contribution in [0.1, 0.15) is 42.1 Å². The fourth-order valence-corrected chi connectivity index (χ4v) is 3.23. The number of nitrogens with one attached hydrogen (secondary N) is 2. The first-order valence-corrected chi connectivity index (χ1v) is 9.22. The summed E-state index contributed by atoms with van der Waals surface area (Å²) in [6.07, 6.45) is 7.66. The molecule has 148 valence electrons. The lowest BCUT2D eigenvalue weighted by Gasteiger charge is -2.30. The molecule has 2 aromatic heterocycles. The molecule has 2 amide bonds. The fraction of sp³-hybridized carbons (Fsp3) is 0.471. The van der Waals surface area contributed by atoms with Crippen molar-refractivity contribution in [2.45, 2.75) is 37.8 Å². The van der Waals surface area contributed by atoms with Gasteiger partial charge in [0.05, 0.1) is 23.5 Å². The standard InChI is InChI=1S/C17H22N8O3/c18-14(26)13-7-19-16(23-15(13)21-10-3-4-10)22-11-6-20-25(8-11)12-2-1-5-24(9-12)17(27)28/h6-8,10,12H,1-5,9H2,(H2,18,26)(H,27,28)(H2,19,21,22,23). The molecule has 0 radical (unpaired) electrons. The van der Waals surface area contributed by atoms with Crippen molar-refractivity contribution in [2.24, 2.45) is 5.73 Å². The summed E-state index contributed by atoms with van der Waals surface area (Å²) in [5.41, 5.74) is 6.32. The number of rotatable bonds is 6. The van der Waals surface area contributed by atoms with Crippen LogP contribution in [0.25, 0.3) is 0 Å². The lowest BCUT2D eigenvalue weighted by molar-refractivity contribution is 0.1000. The minimum absolute atomic E-state index is 0.00866. The van der Waals surface area contributed by atoms with E-state index in [4.69, 9.17) is 5.73 Å². The molecule has 1 atom stereocenters. The van der Waals surface area contributed by atoms with Gasteiger partial charge in [-0.15, -0.1) is 0 Å². The lowest BCUT2D eigenvalue weighted by Crippen LogP contribution is -2.39. The highest BCUT2D eigenvalue weighted by atomic mass is 16.4. The number of primary amides is 1. The third-order valence-electron chi connectivity index (χ3n) is 4.87. The number of carbonyl (C=O) groups is 2. The van der Waals surface area contributed by atoms with Gasteiger partial charge < -0.3 is 26.4 Å². The molecule has 0 spiro atoms. The van der Waals surface area contributed by atoms with Gasteiger partial charge in [0.2, 0.25) is 5.95 Å². The molecule has 1 aliphatic carbocycles. The Labute approximate surface area is 160 Å². The molecule has 1 saturated carbocycles. The predicted molar refractivity (Wildman–Crippen MR) is 101 cm³/mol. The minimum atomic E-state index is -0.908. The van der Waals surface area contributed by atoms with E-state index in [2.05, 4.69) is 25.7 Å². The second-order valence-corrected chi connectivity index (χ2v) is 7.10. The topological polar surface area (TPSA) is 151 Å². The zero-order chi connectivity index (χ0) is 19.7. The molecule has 5 N–H and O–H groups in total. The number of carboxylic acid groups (broad SMARTS) is 1. The number of nitrogens with two attached hydrogens (primary N) is 1. The fourth-order valence-electron chi connectivity index (χ4n) is 3.23. The molecule has 28 heavy (non-hydrogen) atoms. The van der Waals surface area contributed by atoms with Crippen LogP contribution in [-0.4, -0.2) is 60.9 Å². The van der Waals surface area contributed by atoms with E-state index >= 15 is 0 Å². The molecule has 2 aliphatic rings. The van der Waals surface area contributed by atoms with Gasteiger partial charge in [0.1, 0.15) is 5.82 Å². The summed E-state index contributed by atoms with van der Waals surface area (Å²) in [7, 11) is 0. The average Bonchev–Trinajstić information content (AvgIpc) is 3.36. The number of piperidine rings is 1. The van der Waals surface area contributed by atoms with Crippen molar-refractivity contribution < 1.29 is 14.7 Å². The van der Waals surface area contributed by atoms with E-state index in [1.54, 1.807) is 17.1 Å². The smallest absolute Gasteiger partial charge is 0.407 e. The maximum atomic E-state index is 11.6. The second kappa shape index (κ2) is 7.33. The monoisotopic (exact) mass is 386 g/mol. The van der Waals surface area contributed by atoms with Crippen LogP contribution in [0.2, 0.25) is 0 Å². The zero-order valence-electron chi connectivity index (χ0n) is 15.2. The summed E-state index contributed by atoms with van der Waals surface area (Å²) in [6.45, 7) is 0.963. The summed E-state index contributed by atoms with van der Waals surface area (Å²) < 4.78 is 1.76. The highest BCUT2D eigenvalue weighted by Gasteiger charge is 2.26. The Hall–Kier alpha value is -3.37. The van der Waals surface area contributed by atoms with E-state index in [-0.39, 0.29) is 11.6 Å². The summed E-state index contributed by atoms with van der Waals surface area (Å²) >= 11 is 0. The molecule has 11 nitrogen and oxygen atoms in total. The number of carbonyl (C=O) groups excluding carboxylic acids is 1. The first kappa shape index (κ1) is 18.0. The maximum absolute atomic E-state index is 11.6. The van der Waals surface area contributed by atoms with E-state index < -0.39 is 12.0 Å². The van der Waals surface area contributed by atoms with Gasteiger partial charge in [-0.1, -0.05) is 0 Å². The third-order valence-corrected chi connectivity index (χ3v) is 4.87. The summed E-state index contributed by atoms with van der Waals surface area (Å²) in [4.78, 5) is 32.7. The van der Waals surface area contributed by atoms with E-state index in [9.17, 15) is 14.7 Å². The SMILES string of the molecule is NC(=O)c1cnc(Nc2cnn(C3CCCN(C(=O)O)C3)c2)nc1NC1CC1. The van der Waals surface area contributed by atoms with Crippen LogP contribution in [0, 0.1) is 0 Å². The van der Waals surface area contributed by atoms with Gasteiger partial charge in [-0.2, -0.15) is 10.1 Å². The van der Waals surface area contributed by atoms with E-state index in [1.165, 1.54) is 11.1 Å². The number of aromatic nitrogens is 4. The van der Waals surface area contributed by atoms with E-state index in [0.29, 0.717) is 36.6 Å². The van der Waals surface area contributed by atoms with Gasteiger partial charge >= 0.3 is 6.09 Å². The quantitative estimate of drug-likeness (QED) is 0.581. The molecule has 3 heterocycles. The molecule has 1 unspecified atom stereocenters. The normalized spacial score (nSPS) is 19.3. The molecule has 0 bridgehead atoms. The molecule has 0 aromatic carbocycles. The van der Waals surface area contributed by atoms with Gasteiger partial charge in [0.25, 0.3) is 5.91 Å². The van der Waals surface area contributed by atoms with E-state index in [1.807, 2.05) is 0 Å². The van der Waals surface area contributed by atoms with Crippen molar-refractivity contribution in [3.63, 3.8) is 0 Å². The Bertz CT molecular complexity index is 894.